The zero-order valence-corrected chi connectivity index (χ0v) is 9.51. The van der Waals surface area contributed by atoms with Gasteiger partial charge in [0.05, 0.1) is 12.5 Å². The molecule has 0 saturated carbocycles. The molecule has 2 nitrogen and oxygen atoms in total. The van der Waals surface area contributed by atoms with E-state index >= 15 is 0 Å². The van der Waals surface area contributed by atoms with Crippen LogP contribution in [0, 0.1) is 6.92 Å². The lowest BCUT2D eigenvalue weighted by atomic mass is 9.98. The summed E-state index contributed by atoms with van der Waals surface area (Å²) in [6.07, 6.45) is 3.37. The van der Waals surface area contributed by atoms with Crippen LogP contribution in [0.4, 0.5) is 0 Å². The van der Waals surface area contributed by atoms with E-state index in [0.717, 1.165) is 22.6 Å². The quantitative estimate of drug-likeness (QED) is 0.640. The van der Waals surface area contributed by atoms with Crippen molar-refractivity contribution in [1.82, 2.24) is 0 Å². The maximum absolute atomic E-state index is 5.50. The second-order valence-corrected chi connectivity index (χ2v) is 3.95. The molecule has 0 aliphatic heterocycles. The lowest BCUT2D eigenvalue weighted by Gasteiger charge is -2.08. The minimum atomic E-state index is 0.861. The Bertz CT molecular complexity index is 604. The summed E-state index contributed by atoms with van der Waals surface area (Å²) in [6, 6.07) is 13.9. The Hall–Kier alpha value is -2.22. The van der Waals surface area contributed by atoms with Crippen LogP contribution in [-0.2, 0) is 0 Å². The summed E-state index contributed by atoms with van der Waals surface area (Å²) in [6.45, 7) is 2.07. The summed E-state index contributed by atoms with van der Waals surface area (Å²) in [5, 5.41) is 0. The van der Waals surface area contributed by atoms with Gasteiger partial charge in [-0.2, -0.15) is 0 Å². The first-order valence-electron chi connectivity index (χ1n) is 5.53. The molecule has 2 aromatic heterocycles. The predicted molar refractivity (Wildman–Crippen MR) is 66.6 cm³/mol. The average Bonchev–Trinajstić information content (AvgIpc) is 3.02. The highest BCUT2D eigenvalue weighted by molar-refractivity contribution is 5.81. The van der Waals surface area contributed by atoms with E-state index < -0.39 is 0 Å². The van der Waals surface area contributed by atoms with Gasteiger partial charge in [-0.25, -0.2) is 0 Å². The maximum Gasteiger partial charge on any atom is 0.134 e. The first kappa shape index (κ1) is 9.97. The van der Waals surface area contributed by atoms with Crippen molar-refractivity contribution in [2.24, 2.45) is 0 Å². The molecule has 0 aliphatic rings. The highest BCUT2D eigenvalue weighted by Gasteiger charge is 2.13. The van der Waals surface area contributed by atoms with E-state index in [1.165, 1.54) is 5.56 Å². The molecule has 1 aromatic carbocycles. The van der Waals surface area contributed by atoms with Gasteiger partial charge in [-0.05, 0) is 36.8 Å². The smallest absolute Gasteiger partial charge is 0.134 e. The molecule has 0 radical (unpaired) electrons. The van der Waals surface area contributed by atoms with Crippen LogP contribution in [0.25, 0.3) is 22.6 Å². The van der Waals surface area contributed by atoms with Crippen molar-refractivity contribution in [3.8, 4) is 22.6 Å². The van der Waals surface area contributed by atoms with Crippen LogP contribution >= 0.6 is 0 Å². The molecule has 3 aromatic rings. The summed E-state index contributed by atoms with van der Waals surface area (Å²) in [5.74, 6) is 1.73. The third-order valence-corrected chi connectivity index (χ3v) is 2.83. The molecule has 84 valence electrons. The molecular formula is C15H12O2. The molecule has 0 unspecified atom stereocenters. The number of furan rings is 2. The fourth-order valence-electron chi connectivity index (χ4n) is 2.05. The Balaban J connectivity index is 2.26. The van der Waals surface area contributed by atoms with Gasteiger partial charge in [0.15, 0.2) is 0 Å². The van der Waals surface area contributed by atoms with Crippen LogP contribution in [0.3, 0.4) is 0 Å². The summed E-state index contributed by atoms with van der Waals surface area (Å²) < 4.78 is 11.0. The number of benzene rings is 1. The van der Waals surface area contributed by atoms with Crippen molar-refractivity contribution in [3.63, 3.8) is 0 Å². The van der Waals surface area contributed by atoms with Gasteiger partial charge in [0.25, 0.3) is 0 Å². The first-order chi connectivity index (χ1) is 8.36. The van der Waals surface area contributed by atoms with Crippen LogP contribution in [-0.4, -0.2) is 0 Å². The fraction of sp³-hybridized carbons (Fsp3) is 0.0667. The molecule has 2 heterocycles. The highest BCUT2D eigenvalue weighted by Crippen LogP contribution is 2.34. The van der Waals surface area contributed by atoms with Crippen LogP contribution in [0.5, 0.6) is 0 Å². The van der Waals surface area contributed by atoms with E-state index in [1.807, 2.05) is 36.4 Å². The third kappa shape index (κ3) is 1.68. The van der Waals surface area contributed by atoms with E-state index in [0.29, 0.717) is 0 Å². The number of hydrogen-bond acceptors (Lipinski definition) is 2. The molecule has 0 saturated heterocycles. The van der Waals surface area contributed by atoms with Crippen LogP contribution in [0.2, 0.25) is 0 Å². The number of rotatable bonds is 2. The van der Waals surface area contributed by atoms with Crippen LogP contribution < -0.4 is 0 Å². The molecule has 0 bridgehead atoms. The minimum Gasteiger partial charge on any atom is -0.464 e. The summed E-state index contributed by atoms with van der Waals surface area (Å²) >= 11 is 0. The van der Waals surface area contributed by atoms with Gasteiger partial charge in [-0.1, -0.05) is 18.2 Å². The van der Waals surface area contributed by atoms with Crippen LogP contribution in [0.1, 0.15) is 5.56 Å². The lowest BCUT2D eigenvalue weighted by Crippen LogP contribution is -1.86. The monoisotopic (exact) mass is 224 g/mol. The van der Waals surface area contributed by atoms with E-state index in [-0.39, 0.29) is 0 Å². The number of aryl methyl sites for hydroxylation is 1. The fourth-order valence-corrected chi connectivity index (χ4v) is 2.05. The molecule has 0 N–H and O–H groups in total. The zero-order valence-electron chi connectivity index (χ0n) is 9.51. The molecule has 0 aliphatic carbocycles. The average molecular weight is 224 g/mol. The molecule has 0 amide bonds. The molecule has 3 rings (SSSR count). The van der Waals surface area contributed by atoms with Gasteiger partial charge in [0.1, 0.15) is 11.5 Å². The summed E-state index contributed by atoms with van der Waals surface area (Å²) in [7, 11) is 0. The summed E-state index contributed by atoms with van der Waals surface area (Å²) in [5.41, 5.74) is 3.33. The van der Waals surface area contributed by atoms with Crippen molar-refractivity contribution in [2.45, 2.75) is 6.92 Å². The number of hydrogen-bond donors (Lipinski definition) is 0. The molecular weight excluding hydrogens is 212 g/mol. The van der Waals surface area contributed by atoms with Crippen molar-refractivity contribution >= 4 is 0 Å². The summed E-state index contributed by atoms with van der Waals surface area (Å²) in [4.78, 5) is 0. The van der Waals surface area contributed by atoms with Gasteiger partial charge >= 0.3 is 0 Å². The Morgan fingerprint density at radius 3 is 2.12 bits per heavy atom. The largest absolute Gasteiger partial charge is 0.464 e. The third-order valence-electron chi connectivity index (χ3n) is 2.83. The van der Waals surface area contributed by atoms with Crippen molar-refractivity contribution < 1.29 is 8.83 Å². The Morgan fingerprint density at radius 1 is 0.765 bits per heavy atom. The van der Waals surface area contributed by atoms with Gasteiger partial charge in [0, 0.05) is 11.1 Å². The first-order valence-corrected chi connectivity index (χ1v) is 5.53. The van der Waals surface area contributed by atoms with Gasteiger partial charge in [-0.15, -0.1) is 0 Å². The zero-order chi connectivity index (χ0) is 11.7. The van der Waals surface area contributed by atoms with Crippen molar-refractivity contribution in [2.75, 3.05) is 0 Å². The van der Waals surface area contributed by atoms with Gasteiger partial charge in [0.2, 0.25) is 0 Å². The molecule has 17 heavy (non-hydrogen) atoms. The predicted octanol–water partition coefficient (Wildman–Crippen LogP) is 4.52. The van der Waals surface area contributed by atoms with Gasteiger partial charge < -0.3 is 8.83 Å². The topological polar surface area (TPSA) is 26.3 Å². The van der Waals surface area contributed by atoms with E-state index in [9.17, 15) is 0 Å². The second-order valence-electron chi connectivity index (χ2n) is 3.95. The van der Waals surface area contributed by atoms with Crippen molar-refractivity contribution in [3.05, 3.63) is 60.6 Å². The Kier molecular flexibility index (Phi) is 2.33. The minimum absolute atomic E-state index is 0.861. The standard InChI is InChI=1S/C15H12O2/c1-11-5-2-6-12(13-7-3-9-16-13)15(11)14-8-4-10-17-14/h2-10H,1H3. The van der Waals surface area contributed by atoms with Crippen LogP contribution in [0.15, 0.2) is 63.8 Å². The normalized spacial score (nSPS) is 10.6. The van der Waals surface area contributed by atoms with E-state index in [2.05, 4.69) is 13.0 Å². The lowest BCUT2D eigenvalue weighted by molar-refractivity contribution is 0.575. The van der Waals surface area contributed by atoms with Crippen molar-refractivity contribution in [1.29, 1.82) is 0 Å². The Labute approximate surface area is 99.5 Å². The van der Waals surface area contributed by atoms with Gasteiger partial charge in [-0.3, -0.25) is 0 Å². The molecule has 0 atom stereocenters. The molecule has 0 fully saturated rings. The Morgan fingerprint density at radius 2 is 1.47 bits per heavy atom. The van der Waals surface area contributed by atoms with E-state index in [4.69, 9.17) is 8.83 Å². The molecule has 0 spiro atoms. The maximum atomic E-state index is 5.50. The highest BCUT2D eigenvalue weighted by atomic mass is 16.3. The SMILES string of the molecule is Cc1cccc(-c2ccco2)c1-c1ccco1. The second kappa shape index (κ2) is 3.98. The van der Waals surface area contributed by atoms with E-state index in [1.54, 1.807) is 12.5 Å². The molecule has 2 heteroatoms.